The van der Waals surface area contributed by atoms with Crippen molar-refractivity contribution in [1.29, 1.82) is 0 Å². The van der Waals surface area contributed by atoms with E-state index in [2.05, 4.69) is 65.0 Å². The maximum atomic E-state index is 5.99. The molecule has 2 aromatic carbocycles. The zero-order valence-electron chi connectivity index (χ0n) is 23.7. The average Bonchev–Trinajstić information content (AvgIpc) is 3.34. The molecule has 2 aliphatic heterocycles. The zero-order chi connectivity index (χ0) is 27.0. The molecule has 6 nitrogen and oxygen atoms in total. The van der Waals surface area contributed by atoms with Crippen molar-refractivity contribution < 1.29 is 4.74 Å². The number of methoxy groups -OCH3 is 1. The summed E-state index contributed by atoms with van der Waals surface area (Å²) >= 11 is 5.99. The van der Waals surface area contributed by atoms with Crippen LogP contribution >= 0.6 is 19.6 Å². The minimum atomic E-state index is -2.08. The number of rotatable bonds is 6. The van der Waals surface area contributed by atoms with E-state index in [0.29, 0.717) is 5.11 Å². The Morgan fingerprint density at radius 1 is 0.789 bits per heavy atom. The summed E-state index contributed by atoms with van der Waals surface area (Å²) in [6.07, 6.45) is 10.3. The van der Waals surface area contributed by atoms with Crippen LogP contribution in [0.4, 0.5) is 17.1 Å². The van der Waals surface area contributed by atoms with Gasteiger partial charge in [-0.3, -0.25) is 9.34 Å². The number of para-hydroxylation sites is 2. The van der Waals surface area contributed by atoms with Crippen molar-refractivity contribution in [2.75, 3.05) is 43.9 Å². The number of benzene rings is 2. The van der Waals surface area contributed by atoms with E-state index in [1.54, 1.807) is 7.11 Å². The molecule has 38 heavy (non-hydrogen) atoms. The van der Waals surface area contributed by atoms with Crippen LogP contribution in [0.5, 0.6) is 5.75 Å². The van der Waals surface area contributed by atoms with Gasteiger partial charge < -0.3 is 15.4 Å². The Labute approximate surface area is 235 Å². The van der Waals surface area contributed by atoms with Crippen LogP contribution in [0, 0.1) is 0 Å². The van der Waals surface area contributed by atoms with Crippen molar-refractivity contribution in [2.45, 2.75) is 77.3 Å². The quantitative estimate of drug-likeness (QED) is 0.275. The predicted molar refractivity (Wildman–Crippen MR) is 168 cm³/mol. The summed E-state index contributed by atoms with van der Waals surface area (Å²) in [5, 5.41) is 7.54. The Morgan fingerprint density at radius 3 is 1.79 bits per heavy atom. The van der Waals surface area contributed by atoms with Gasteiger partial charge in [-0.05, 0) is 74.3 Å². The lowest BCUT2D eigenvalue weighted by Crippen LogP contribution is -2.42. The van der Waals surface area contributed by atoms with E-state index in [0.717, 1.165) is 49.0 Å². The van der Waals surface area contributed by atoms with E-state index in [9.17, 15) is 0 Å². The fourth-order valence-electron chi connectivity index (χ4n) is 5.79. The third-order valence-corrected chi connectivity index (χ3v) is 12.6. The number of hydrogen-bond acceptors (Lipinski definition) is 3. The van der Waals surface area contributed by atoms with Crippen LogP contribution in [0.2, 0.25) is 0 Å². The van der Waals surface area contributed by atoms with Crippen molar-refractivity contribution in [3.63, 3.8) is 0 Å². The van der Waals surface area contributed by atoms with E-state index in [1.807, 2.05) is 24.3 Å². The SMILES string of the molecule is COc1ccccc1Nc1ccc(NC(=S)N=P(N2CCCCCC2)(N2CCCCCC2)C(C)(C)C)cc1. The van der Waals surface area contributed by atoms with E-state index in [4.69, 9.17) is 21.7 Å². The highest BCUT2D eigenvalue weighted by Gasteiger charge is 2.44. The Kier molecular flexibility index (Phi) is 10.3. The molecule has 0 spiro atoms. The molecule has 0 aromatic heterocycles. The Morgan fingerprint density at radius 2 is 1.29 bits per heavy atom. The summed E-state index contributed by atoms with van der Waals surface area (Å²) in [5.74, 6) is 0.819. The van der Waals surface area contributed by atoms with Crippen molar-refractivity contribution in [3.8, 4) is 5.75 Å². The van der Waals surface area contributed by atoms with Crippen molar-refractivity contribution in [3.05, 3.63) is 48.5 Å². The molecule has 8 heteroatoms. The molecule has 208 valence electrons. The van der Waals surface area contributed by atoms with Crippen LogP contribution in [-0.4, -0.2) is 52.9 Å². The minimum Gasteiger partial charge on any atom is -0.495 e. The van der Waals surface area contributed by atoms with Crippen molar-refractivity contribution >= 4 is 41.7 Å². The molecule has 0 atom stereocenters. The van der Waals surface area contributed by atoms with Crippen LogP contribution in [0.1, 0.15) is 72.1 Å². The molecule has 2 aromatic rings. The number of ether oxygens (including phenoxy) is 1. The van der Waals surface area contributed by atoms with Gasteiger partial charge in [0.05, 0.1) is 12.8 Å². The van der Waals surface area contributed by atoms with Gasteiger partial charge in [0.15, 0.2) is 5.11 Å². The lowest BCUT2D eigenvalue weighted by molar-refractivity contribution is 0.368. The molecule has 2 aliphatic rings. The third-order valence-electron chi connectivity index (χ3n) is 7.61. The van der Waals surface area contributed by atoms with Gasteiger partial charge in [-0.2, -0.15) is 0 Å². The molecular weight excluding hydrogens is 509 g/mol. The summed E-state index contributed by atoms with van der Waals surface area (Å²) in [7, 11) is -0.392. The van der Waals surface area contributed by atoms with Gasteiger partial charge in [0, 0.05) is 42.7 Å². The van der Waals surface area contributed by atoms with Crippen LogP contribution in [0.15, 0.2) is 53.3 Å². The van der Waals surface area contributed by atoms with Gasteiger partial charge in [0.25, 0.3) is 0 Å². The second-order valence-corrected chi connectivity index (χ2v) is 15.6. The van der Waals surface area contributed by atoms with Gasteiger partial charge in [0.1, 0.15) is 13.1 Å². The van der Waals surface area contributed by atoms with Gasteiger partial charge >= 0.3 is 0 Å². The Bertz CT molecular complexity index is 1070. The van der Waals surface area contributed by atoms with E-state index >= 15 is 0 Å². The summed E-state index contributed by atoms with van der Waals surface area (Å²) in [4.78, 5) is 0. The largest absolute Gasteiger partial charge is 0.495 e. The monoisotopic (exact) mass is 555 g/mol. The van der Waals surface area contributed by atoms with E-state index < -0.39 is 7.36 Å². The first-order valence-electron chi connectivity index (χ1n) is 14.3. The maximum absolute atomic E-state index is 5.99. The van der Waals surface area contributed by atoms with Crippen molar-refractivity contribution in [1.82, 2.24) is 9.34 Å². The van der Waals surface area contributed by atoms with Crippen LogP contribution in [0.3, 0.4) is 0 Å². The fourth-order valence-corrected chi connectivity index (χ4v) is 10.8. The van der Waals surface area contributed by atoms with E-state index in [1.165, 1.54) is 51.4 Å². The number of hydrogen-bond donors (Lipinski definition) is 2. The Balaban J connectivity index is 1.60. The second kappa shape index (κ2) is 13.4. The molecule has 2 heterocycles. The minimum absolute atomic E-state index is 0.00986. The molecule has 0 radical (unpaired) electrons. The molecule has 0 aliphatic carbocycles. The summed E-state index contributed by atoms with van der Waals surface area (Å²) < 4.78 is 16.6. The molecular formula is C30H46N5OPS. The fraction of sp³-hybridized carbons (Fsp3) is 0.567. The first-order valence-corrected chi connectivity index (χ1v) is 16.3. The Hall–Kier alpha value is -1.92. The predicted octanol–water partition coefficient (Wildman–Crippen LogP) is 8.72. The molecule has 4 rings (SSSR count). The van der Waals surface area contributed by atoms with Gasteiger partial charge in [-0.1, -0.05) is 58.6 Å². The standard InChI is InChI=1S/C30H46N5OPS/c1-30(2,3)37(34-21-11-5-6-12-22-34,35-23-13-7-8-14-24-35)33-29(38)32-26-19-17-25(18-20-26)31-27-15-9-10-16-28(27)36-4/h9-10,15-20,31H,5-8,11-14,21-24H2,1-4H3,(H,32,38). The summed E-state index contributed by atoms with van der Waals surface area (Å²) in [6, 6.07) is 16.2. The highest BCUT2D eigenvalue weighted by atomic mass is 32.1. The average molecular weight is 556 g/mol. The number of nitrogens with zero attached hydrogens (tertiary/aromatic N) is 3. The number of anilines is 3. The molecule has 0 bridgehead atoms. The highest BCUT2D eigenvalue weighted by molar-refractivity contribution is 7.81. The second-order valence-electron chi connectivity index (χ2n) is 11.4. The maximum Gasteiger partial charge on any atom is 0.198 e. The van der Waals surface area contributed by atoms with Crippen LogP contribution in [0.25, 0.3) is 0 Å². The topological polar surface area (TPSA) is 52.1 Å². The molecule has 0 saturated carbocycles. The number of thiocarbonyl (C=S) groups is 1. The molecule has 2 fully saturated rings. The van der Waals surface area contributed by atoms with Gasteiger partial charge in [0.2, 0.25) is 0 Å². The number of nitrogens with one attached hydrogen (secondary N) is 2. The van der Waals surface area contributed by atoms with Crippen molar-refractivity contribution in [2.24, 2.45) is 4.74 Å². The van der Waals surface area contributed by atoms with Gasteiger partial charge in [-0.25, -0.2) is 4.74 Å². The normalized spacial score (nSPS) is 18.2. The lowest BCUT2D eigenvalue weighted by Gasteiger charge is -2.50. The van der Waals surface area contributed by atoms with Crippen LogP contribution in [-0.2, 0) is 0 Å². The summed E-state index contributed by atoms with van der Waals surface area (Å²) in [6.45, 7) is 11.7. The lowest BCUT2D eigenvalue weighted by atomic mass is 10.2. The molecule has 0 unspecified atom stereocenters. The molecule has 2 saturated heterocycles. The zero-order valence-corrected chi connectivity index (χ0v) is 25.4. The molecule has 0 amide bonds. The van der Waals surface area contributed by atoms with Gasteiger partial charge in [-0.15, -0.1) is 0 Å². The summed E-state index contributed by atoms with van der Waals surface area (Å²) in [5.41, 5.74) is 2.90. The third kappa shape index (κ3) is 6.98. The molecule has 2 N–H and O–H groups in total. The first-order chi connectivity index (χ1) is 18.3. The van der Waals surface area contributed by atoms with E-state index in [-0.39, 0.29) is 5.16 Å². The smallest absolute Gasteiger partial charge is 0.198 e. The first kappa shape index (κ1) is 29.1. The highest BCUT2D eigenvalue weighted by Crippen LogP contribution is 2.66. The van der Waals surface area contributed by atoms with Crippen LogP contribution < -0.4 is 15.4 Å².